The molecule has 1 fully saturated rings. The van der Waals surface area contributed by atoms with Gasteiger partial charge in [0.25, 0.3) is 0 Å². The lowest BCUT2D eigenvalue weighted by Crippen LogP contribution is -2.28. The van der Waals surface area contributed by atoms with E-state index in [4.69, 9.17) is 16.1 Å². The van der Waals surface area contributed by atoms with Crippen LogP contribution in [0.15, 0.2) is 59.1 Å². The van der Waals surface area contributed by atoms with E-state index in [-0.39, 0.29) is 11.7 Å². The summed E-state index contributed by atoms with van der Waals surface area (Å²) in [6.07, 6.45) is 1.44. The molecule has 1 amide bonds. The number of nitrogens with one attached hydrogen (secondary N) is 1. The SMILES string of the molecule is CC(=O)c1ccc(NC(=O)C2(c3cc(-c4ccc(Cl)cc4)on3)CC2)cc1. The van der Waals surface area contributed by atoms with Crippen LogP contribution < -0.4 is 5.32 Å². The average molecular weight is 381 g/mol. The zero-order chi connectivity index (χ0) is 19.0. The van der Waals surface area contributed by atoms with E-state index in [9.17, 15) is 9.59 Å². The molecule has 3 aromatic rings. The van der Waals surface area contributed by atoms with Crippen LogP contribution in [0.25, 0.3) is 11.3 Å². The maximum Gasteiger partial charge on any atom is 0.236 e. The number of nitrogens with zero attached hydrogens (tertiary/aromatic N) is 1. The molecule has 0 spiro atoms. The van der Waals surface area contributed by atoms with E-state index in [0.717, 1.165) is 18.4 Å². The monoisotopic (exact) mass is 380 g/mol. The number of halogens is 1. The van der Waals surface area contributed by atoms with Crippen molar-refractivity contribution in [1.82, 2.24) is 5.16 Å². The van der Waals surface area contributed by atoms with Crippen molar-refractivity contribution >= 4 is 29.0 Å². The quantitative estimate of drug-likeness (QED) is 0.641. The summed E-state index contributed by atoms with van der Waals surface area (Å²) in [7, 11) is 0. The summed E-state index contributed by atoms with van der Waals surface area (Å²) in [5, 5.41) is 7.70. The first-order valence-corrected chi connectivity index (χ1v) is 9.01. The third kappa shape index (κ3) is 3.38. The summed E-state index contributed by atoms with van der Waals surface area (Å²) in [6, 6.07) is 15.9. The standard InChI is InChI=1S/C21H17ClN2O3/c1-13(25)14-4-8-17(9-5-14)23-20(26)21(10-11-21)19-12-18(27-24-19)15-2-6-16(22)7-3-15/h2-9,12H,10-11H2,1H3,(H,23,26). The van der Waals surface area contributed by atoms with Crippen LogP contribution in [0.2, 0.25) is 5.02 Å². The van der Waals surface area contributed by atoms with Crippen molar-refractivity contribution in [2.24, 2.45) is 0 Å². The summed E-state index contributed by atoms with van der Waals surface area (Å²) in [6.45, 7) is 1.51. The highest BCUT2D eigenvalue weighted by Gasteiger charge is 2.53. The number of hydrogen-bond donors (Lipinski definition) is 1. The minimum Gasteiger partial charge on any atom is -0.356 e. The van der Waals surface area contributed by atoms with Crippen LogP contribution in [0.1, 0.15) is 35.8 Å². The normalized spacial score (nSPS) is 14.6. The smallest absolute Gasteiger partial charge is 0.236 e. The molecule has 136 valence electrons. The largest absolute Gasteiger partial charge is 0.356 e. The van der Waals surface area contributed by atoms with E-state index >= 15 is 0 Å². The van der Waals surface area contributed by atoms with Gasteiger partial charge in [0.2, 0.25) is 5.91 Å². The lowest BCUT2D eigenvalue weighted by molar-refractivity contribution is -0.118. The maximum atomic E-state index is 12.8. The van der Waals surface area contributed by atoms with Gasteiger partial charge >= 0.3 is 0 Å². The molecule has 1 saturated carbocycles. The molecule has 27 heavy (non-hydrogen) atoms. The number of carbonyl (C=O) groups excluding carboxylic acids is 2. The van der Waals surface area contributed by atoms with Crippen LogP contribution >= 0.6 is 11.6 Å². The van der Waals surface area contributed by atoms with E-state index in [2.05, 4.69) is 10.5 Å². The van der Waals surface area contributed by atoms with E-state index in [1.807, 2.05) is 18.2 Å². The molecule has 4 rings (SSSR count). The Hall–Kier alpha value is -2.92. The minimum atomic E-state index is -0.659. The lowest BCUT2D eigenvalue weighted by Gasteiger charge is -2.12. The van der Waals surface area contributed by atoms with Crippen LogP contribution in [0.5, 0.6) is 0 Å². The first-order chi connectivity index (χ1) is 13.0. The van der Waals surface area contributed by atoms with E-state index in [0.29, 0.717) is 27.7 Å². The molecule has 1 aliphatic carbocycles. The summed E-state index contributed by atoms with van der Waals surface area (Å²) >= 11 is 5.91. The highest BCUT2D eigenvalue weighted by Crippen LogP contribution is 2.49. The van der Waals surface area contributed by atoms with Gasteiger partial charge in [-0.2, -0.15) is 0 Å². The summed E-state index contributed by atoms with van der Waals surface area (Å²) in [4.78, 5) is 24.2. The Kier molecular flexibility index (Phi) is 4.32. The molecule has 0 bridgehead atoms. The molecule has 0 aliphatic heterocycles. The van der Waals surface area contributed by atoms with Gasteiger partial charge in [-0.05, 0) is 68.3 Å². The van der Waals surface area contributed by atoms with Gasteiger partial charge in [0.05, 0.1) is 11.1 Å². The second-order valence-corrected chi connectivity index (χ2v) is 7.19. The Balaban J connectivity index is 1.52. The fourth-order valence-electron chi connectivity index (χ4n) is 3.01. The van der Waals surface area contributed by atoms with Crippen molar-refractivity contribution in [2.45, 2.75) is 25.2 Å². The van der Waals surface area contributed by atoms with E-state index in [1.54, 1.807) is 36.4 Å². The van der Waals surface area contributed by atoms with Crippen LogP contribution in [0.4, 0.5) is 5.69 Å². The molecular weight excluding hydrogens is 364 g/mol. The van der Waals surface area contributed by atoms with Crippen molar-refractivity contribution in [3.05, 3.63) is 70.9 Å². The Labute approximate surface area is 161 Å². The Morgan fingerprint density at radius 3 is 2.33 bits per heavy atom. The van der Waals surface area contributed by atoms with Gasteiger partial charge in [0.1, 0.15) is 0 Å². The molecule has 1 N–H and O–H groups in total. The van der Waals surface area contributed by atoms with Crippen molar-refractivity contribution in [1.29, 1.82) is 0 Å². The fraction of sp³-hybridized carbons (Fsp3) is 0.190. The lowest BCUT2D eigenvalue weighted by atomic mass is 10.00. The molecule has 0 radical (unpaired) electrons. The minimum absolute atomic E-state index is 0.0103. The number of hydrogen-bond acceptors (Lipinski definition) is 4. The number of ketones is 1. The maximum absolute atomic E-state index is 12.8. The number of amides is 1. The van der Waals surface area contributed by atoms with Crippen molar-refractivity contribution in [2.75, 3.05) is 5.32 Å². The molecule has 1 heterocycles. The van der Waals surface area contributed by atoms with Crippen LogP contribution in [0.3, 0.4) is 0 Å². The number of aromatic nitrogens is 1. The van der Waals surface area contributed by atoms with Gasteiger partial charge in [-0.25, -0.2) is 0 Å². The Bertz CT molecular complexity index is 1000. The average Bonchev–Trinajstić information content (AvgIpc) is 3.33. The number of carbonyl (C=O) groups is 2. The number of Topliss-reactive ketones (excluding diaryl/α,β-unsaturated/α-hetero) is 1. The predicted molar refractivity (Wildman–Crippen MR) is 103 cm³/mol. The molecule has 5 nitrogen and oxygen atoms in total. The van der Waals surface area contributed by atoms with Gasteiger partial charge in [-0.3, -0.25) is 9.59 Å². The molecule has 0 atom stereocenters. The van der Waals surface area contributed by atoms with E-state index in [1.165, 1.54) is 6.92 Å². The second kappa shape index (κ2) is 6.67. The number of benzene rings is 2. The molecule has 2 aromatic carbocycles. The van der Waals surface area contributed by atoms with Crippen molar-refractivity contribution < 1.29 is 14.1 Å². The van der Waals surface area contributed by atoms with Crippen LogP contribution in [-0.4, -0.2) is 16.8 Å². The van der Waals surface area contributed by atoms with Crippen LogP contribution in [-0.2, 0) is 10.2 Å². The molecule has 0 saturated heterocycles. The van der Waals surface area contributed by atoms with Gasteiger partial charge in [-0.15, -0.1) is 0 Å². The molecule has 1 aliphatic rings. The first-order valence-electron chi connectivity index (χ1n) is 8.63. The number of rotatable bonds is 5. The third-order valence-corrected chi connectivity index (χ3v) is 5.12. The number of anilines is 1. The summed E-state index contributed by atoms with van der Waals surface area (Å²) < 4.78 is 5.45. The first kappa shape index (κ1) is 17.5. The van der Waals surface area contributed by atoms with Gasteiger partial charge in [0, 0.05) is 27.9 Å². The Morgan fingerprint density at radius 2 is 1.74 bits per heavy atom. The van der Waals surface area contributed by atoms with Gasteiger partial charge in [0.15, 0.2) is 11.5 Å². The molecule has 6 heteroatoms. The van der Waals surface area contributed by atoms with Crippen molar-refractivity contribution in [3.8, 4) is 11.3 Å². The highest BCUT2D eigenvalue weighted by molar-refractivity contribution is 6.30. The zero-order valence-corrected chi connectivity index (χ0v) is 15.4. The van der Waals surface area contributed by atoms with Crippen molar-refractivity contribution in [3.63, 3.8) is 0 Å². The van der Waals surface area contributed by atoms with Gasteiger partial charge in [-0.1, -0.05) is 16.8 Å². The highest BCUT2D eigenvalue weighted by atomic mass is 35.5. The predicted octanol–water partition coefficient (Wildman–Crippen LogP) is 4.87. The zero-order valence-electron chi connectivity index (χ0n) is 14.7. The summed E-state index contributed by atoms with van der Waals surface area (Å²) in [5.41, 5.74) is 2.09. The molecule has 1 aromatic heterocycles. The third-order valence-electron chi connectivity index (χ3n) is 4.86. The van der Waals surface area contributed by atoms with Gasteiger partial charge < -0.3 is 9.84 Å². The van der Waals surface area contributed by atoms with Crippen LogP contribution in [0, 0.1) is 0 Å². The summed E-state index contributed by atoms with van der Waals surface area (Å²) in [5.74, 6) is 0.476. The topological polar surface area (TPSA) is 72.2 Å². The Morgan fingerprint density at radius 1 is 1.07 bits per heavy atom. The molecule has 0 unspecified atom stereocenters. The fourth-order valence-corrected chi connectivity index (χ4v) is 3.14. The van der Waals surface area contributed by atoms with E-state index < -0.39 is 5.41 Å². The molecular formula is C21H17ClN2O3. The second-order valence-electron chi connectivity index (χ2n) is 6.75.